The van der Waals surface area contributed by atoms with E-state index in [1.165, 1.54) is 10.7 Å². The van der Waals surface area contributed by atoms with E-state index in [1.54, 1.807) is 45.3 Å². The average molecular weight is 539 g/mol. The monoisotopic (exact) mass is 538 g/mol. The van der Waals surface area contributed by atoms with Crippen molar-refractivity contribution in [3.63, 3.8) is 0 Å². The fourth-order valence-corrected chi connectivity index (χ4v) is 5.09. The summed E-state index contributed by atoms with van der Waals surface area (Å²) in [4.78, 5) is 42.3. The van der Waals surface area contributed by atoms with Gasteiger partial charge in [0.15, 0.2) is 0 Å². The van der Waals surface area contributed by atoms with Gasteiger partial charge >= 0.3 is 12.1 Å². The molecule has 1 aromatic carbocycles. The molecule has 1 aliphatic carbocycles. The first kappa shape index (κ1) is 27.3. The molecule has 200 valence electrons. The van der Waals surface area contributed by atoms with Gasteiger partial charge in [-0.2, -0.15) is 5.10 Å². The van der Waals surface area contributed by atoms with Crippen molar-refractivity contribution in [2.24, 2.45) is 0 Å². The lowest BCUT2D eigenvalue weighted by atomic mass is 9.74. The third kappa shape index (κ3) is 6.22. The third-order valence-electron chi connectivity index (χ3n) is 6.75. The van der Waals surface area contributed by atoms with Crippen LogP contribution in [0, 0.1) is 0 Å². The van der Waals surface area contributed by atoms with Crippen LogP contribution in [0.3, 0.4) is 0 Å². The Kier molecular flexibility index (Phi) is 7.87. The lowest BCUT2D eigenvalue weighted by Crippen LogP contribution is -2.53. The van der Waals surface area contributed by atoms with E-state index in [-0.39, 0.29) is 12.5 Å². The van der Waals surface area contributed by atoms with E-state index in [0.29, 0.717) is 42.0 Å². The molecule has 38 heavy (non-hydrogen) atoms. The molecule has 1 saturated carbocycles. The van der Waals surface area contributed by atoms with Crippen molar-refractivity contribution in [2.75, 3.05) is 6.54 Å². The highest BCUT2D eigenvalue weighted by Crippen LogP contribution is 2.42. The number of alkyl carbamates (subject to hydrolysis) is 1. The fraction of sp³-hybridized carbons (Fsp3) is 0.393. The predicted octanol–water partition coefficient (Wildman–Crippen LogP) is 5.23. The number of amides is 1. The van der Waals surface area contributed by atoms with Gasteiger partial charge in [0.1, 0.15) is 11.2 Å². The van der Waals surface area contributed by atoms with E-state index in [0.717, 1.165) is 5.56 Å². The van der Waals surface area contributed by atoms with Gasteiger partial charge in [-0.05, 0) is 88.3 Å². The van der Waals surface area contributed by atoms with Crippen molar-refractivity contribution in [3.05, 3.63) is 81.4 Å². The molecule has 0 saturated heterocycles. The average Bonchev–Trinajstić information content (AvgIpc) is 2.87. The Morgan fingerprint density at radius 3 is 2.53 bits per heavy atom. The van der Waals surface area contributed by atoms with Crippen molar-refractivity contribution in [2.45, 2.75) is 63.5 Å². The van der Waals surface area contributed by atoms with Crippen LogP contribution < -0.4 is 10.9 Å². The maximum atomic E-state index is 13.5. The summed E-state index contributed by atoms with van der Waals surface area (Å²) in [5, 5.41) is 17.9. The van der Waals surface area contributed by atoms with Gasteiger partial charge in [0, 0.05) is 29.5 Å². The summed E-state index contributed by atoms with van der Waals surface area (Å²) in [6, 6.07) is 12.4. The van der Waals surface area contributed by atoms with Gasteiger partial charge in [0.2, 0.25) is 0 Å². The van der Waals surface area contributed by atoms with Crippen molar-refractivity contribution in [1.82, 2.24) is 20.1 Å². The van der Waals surface area contributed by atoms with E-state index in [1.807, 2.05) is 24.3 Å². The smallest absolute Gasteiger partial charge is 0.407 e. The van der Waals surface area contributed by atoms with Crippen LogP contribution in [0.4, 0.5) is 4.79 Å². The van der Waals surface area contributed by atoms with Crippen LogP contribution in [0.5, 0.6) is 0 Å². The Bertz CT molecular complexity index is 1380. The molecule has 0 aliphatic heterocycles. The van der Waals surface area contributed by atoms with Gasteiger partial charge in [-0.15, -0.1) is 0 Å². The van der Waals surface area contributed by atoms with Gasteiger partial charge in [0.25, 0.3) is 5.56 Å². The van der Waals surface area contributed by atoms with Crippen LogP contribution in [0.15, 0.2) is 59.7 Å². The van der Waals surface area contributed by atoms with Crippen molar-refractivity contribution in [1.29, 1.82) is 0 Å². The highest BCUT2D eigenvalue weighted by molar-refractivity contribution is 6.30. The number of halogens is 1. The minimum Gasteiger partial charge on any atom is -0.477 e. The van der Waals surface area contributed by atoms with Crippen LogP contribution in [0.25, 0.3) is 11.3 Å². The van der Waals surface area contributed by atoms with E-state index < -0.39 is 34.3 Å². The van der Waals surface area contributed by atoms with Crippen LogP contribution in [-0.4, -0.2) is 44.1 Å². The predicted molar refractivity (Wildman–Crippen MR) is 144 cm³/mol. The quantitative estimate of drug-likeness (QED) is 0.440. The summed E-state index contributed by atoms with van der Waals surface area (Å²) >= 11 is 6.22. The standard InChI is InChI=1S/C28H31ClN4O5/c1-27(2,3)38-26(37)31-17-28(11-9-18(10-12-28)19-6-4-8-21(29)14-19)33-24(34)22(25(35)36)15-23(32-33)20-7-5-13-30-16-20/h4-8,13-16,18H,9-12,17H2,1-3H3,(H,31,37)(H,35,36)/t18-,28+. The lowest BCUT2D eigenvalue weighted by molar-refractivity contribution is 0.0472. The zero-order chi connectivity index (χ0) is 27.5. The maximum absolute atomic E-state index is 13.5. The number of benzene rings is 1. The number of hydrogen-bond acceptors (Lipinski definition) is 6. The third-order valence-corrected chi connectivity index (χ3v) is 6.98. The molecular formula is C28H31ClN4O5. The SMILES string of the molecule is CC(C)(C)OC(=O)NC[C@]1(n2nc(-c3cccnc3)cc(C(=O)O)c2=O)CC[C@@H](c2cccc(Cl)c2)CC1. The number of nitrogens with zero attached hydrogens (tertiary/aromatic N) is 3. The normalized spacial score (nSPS) is 19.5. The second-order valence-electron chi connectivity index (χ2n) is 10.6. The molecule has 0 bridgehead atoms. The number of aromatic nitrogens is 3. The molecule has 10 heteroatoms. The van der Waals surface area contributed by atoms with Crippen LogP contribution in [0.2, 0.25) is 5.02 Å². The van der Waals surface area contributed by atoms with E-state index >= 15 is 0 Å². The first-order valence-corrected chi connectivity index (χ1v) is 12.9. The molecule has 0 atom stereocenters. The molecule has 1 aliphatic rings. The highest BCUT2D eigenvalue weighted by atomic mass is 35.5. The van der Waals surface area contributed by atoms with Gasteiger partial charge < -0.3 is 15.2 Å². The Hall–Kier alpha value is -3.72. The number of pyridine rings is 1. The first-order chi connectivity index (χ1) is 18.0. The van der Waals surface area contributed by atoms with E-state index in [9.17, 15) is 19.5 Å². The number of rotatable bonds is 6. The van der Waals surface area contributed by atoms with E-state index in [4.69, 9.17) is 16.3 Å². The fourth-order valence-electron chi connectivity index (χ4n) is 4.89. The largest absolute Gasteiger partial charge is 0.477 e. The van der Waals surface area contributed by atoms with Gasteiger partial charge in [-0.3, -0.25) is 9.78 Å². The first-order valence-electron chi connectivity index (χ1n) is 12.5. The van der Waals surface area contributed by atoms with Gasteiger partial charge in [-0.25, -0.2) is 14.3 Å². The van der Waals surface area contributed by atoms with Crippen LogP contribution in [-0.2, 0) is 10.3 Å². The minimum atomic E-state index is -1.35. The van der Waals surface area contributed by atoms with Gasteiger partial charge in [-0.1, -0.05) is 23.7 Å². The highest BCUT2D eigenvalue weighted by Gasteiger charge is 2.41. The number of carbonyl (C=O) groups is 2. The molecular weight excluding hydrogens is 508 g/mol. The Labute approximate surface area is 225 Å². The zero-order valence-electron chi connectivity index (χ0n) is 21.6. The zero-order valence-corrected chi connectivity index (χ0v) is 22.4. The molecule has 0 radical (unpaired) electrons. The van der Waals surface area contributed by atoms with E-state index in [2.05, 4.69) is 15.4 Å². The molecule has 2 aromatic heterocycles. The minimum absolute atomic E-state index is 0.0483. The van der Waals surface area contributed by atoms with Gasteiger partial charge in [0.05, 0.1) is 11.2 Å². The summed E-state index contributed by atoms with van der Waals surface area (Å²) in [7, 11) is 0. The Morgan fingerprint density at radius 1 is 1.18 bits per heavy atom. The molecule has 4 rings (SSSR count). The number of nitrogens with one attached hydrogen (secondary N) is 1. The number of carbonyl (C=O) groups excluding carboxylic acids is 1. The maximum Gasteiger partial charge on any atom is 0.407 e. The molecule has 2 heterocycles. The van der Waals surface area contributed by atoms with Crippen LogP contribution >= 0.6 is 11.6 Å². The van der Waals surface area contributed by atoms with Crippen molar-refractivity contribution < 1.29 is 19.4 Å². The Balaban J connectivity index is 1.75. The number of hydrogen-bond donors (Lipinski definition) is 2. The molecule has 1 fully saturated rings. The molecule has 1 amide bonds. The molecule has 0 unspecified atom stereocenters. The number of carboxylic acids is 1. The van der Waals surface area contributed by atoms with Crippen LogP contribution in [0.1, 0.15) is 68.3 Å². The molecule has 9 nitrogen and oxygen atoms in total. The number of aromatic carboxylic acids is 1. The van der Waals surface area contributed by atoms with Crippen molar-refractivity contribution in [3.8, 4) is 11.3 Å². The van der Waals surface area contributed by atoms with Crippen molar-refractivity contribution >= 4 is 23.7 Å². The number of carboxylic acid groups (broad SMARTS) is 1. The number of ether oxygens (including phenoxy) is 1. The summed E-state index contributed by atoms with van der Waals surface area (Å²) in [6.07, 6.45) is 4.85. The summed E-state index contributed by atoms with van der Waals surface area (Å²) in [5.74, 6) is -1.15. The summed E-state index contributed by atoms with van der Waals surface area (Å²) < 4.78 is 6.68. The second kappa shape index (κ2) is 10.9. The lowest BCUT2D eigenvalue weighted by Gasteiger charge is -2.41. The Morgan fingerprint density at radius 2 is 1.92 bits per heavy atom. The molecule has 2 N–H and O–H groups in total. The summed E-state index contributed by atoms with van der Waals surface area (Å²) in [6.45, 7) is 5.34. The summed E-state index contributed by atoms with van der Waals surface area (Å²) in [5.41, 5.74) is -0.805. The molecule has 3 aromatic rings. The molecule has 0 spiro atoms. The topological polar surface area (TPSA) is 123 Å². The second-order valence-corrected chi connectivity index (χ2v) is 11.1.